The van der Waals surface area contributed by atoms with E-state index in [1.165, 1.54) is 24.3 Å². The van der Waals surface area contributed by atoms with E-state index in [0.717, 1.165) is 10.9 Å². The molecule has 3 aromatic carbocycles. The van der Waals surface area contributed by atoms with Gasteiger partial charge in [-0.15, -0.1) is 0 Å². The average Bonchev–Trinajstić information content (AvgIpc) is 3.59. The third kappa shape index (κ3) is 4.15. The van der Waals surface area contributed by atoms with Crippen molar-refractivity contribution in [3.8, 4) is 0 Å². The summed E-state index contributed by atoms with van der Waals surface area (Å²) in [4.78, 5) is 54.8. The van der Waals surface area contributed by atoms with Crippen molar-refractivity contribution >= 4 is 34.3 Å². The van der Waals surface area contributed by atoms with Gasteiger partial charge >= 0.3 is 0 Å². The number of hydrogen-bond acceptors (Lipinski definition) is 11. The smallest absolute Gasteiger partial charge is 0.252 e. The van der Waals surface area contributed by atoms with E-state index < -0.39 is 47.5 Å². The Morgan fingerprint density at radius 3 is 1.93 bits per heavy atom. The number of imidazole rings is 1. The molecule has 43 heavy (non-hydrogen) atoms. The number of aliphatic hydroxyl groups excluding tert-OH is 2. The minimum Gasteiger partial charge on any atom is -0.394 e. The number of hydrogen-bond donors (Lipinski definition) is 4. The molecule has 6 rings (SSSR count). The molecule has 1 fully saturated rings. The van der Waals surface area contributed by atoms with Gasteiger partial charge in [0.15, 0.2) is 11.5 Å². The number of Topliss-reactive ketones (excluding diaryl/α,β-unsaturated/α-hetero) is 2. The quantitative estimate of drug-likeness (QED) is 0.195. The van der Waals surface area contributed by atoms with Crippen molar-refractivity contribution in [2.24, 2.45) is 0 Å². The maximum Gasteiger partial charge on any atom is 0.252 e. The van der Waals surface area contributed by atoms with Crippen LogP contribution in [0.1, 0.15) is 36.9 Å². The largest absolute Gasteiger partial charge is 0.394 e. The van der Waals surface area contributed by atoms with Gasteiger partial charge in [-0.1, -0.05) is 91.0 Å². The number of benzene rings is 3. The first-order valence-electron chi connectivity index (χ1n) is 13.2. The van der Waals surface area contributed by atoms with Crippen LogP contribution < -0.4 is 5.73 Å². The predicted octanol–water partition coefficient (Wildman–Crippen LogP) is 1.54. The number of nitrogens with two attached hydrogens (primary N) is 1. The van der Waals surface area contributed by atoms with E-state index in [1.54, 1.807) is 66.7 Å². The second-order valence-corrected chi connectivity index (χ2v) is 10.00. The first-order valence-corrected chi connectivity index (χ1v) is 13.2. The van der Waals surface area contributed by atoms with Crippen molar-refractivity contribution in [2.75, 3.05) is 12.3 Å². The normalized spacial score (nSPS) is 23.3. The summed E-state index contributed by atoms with van der Waals surface area (Å²) in [5, 5.41) is 34.0. The highest BCUT2D eigenvalue weighted by Gasteiger charge is 2.74. The zero-order valence-electron chi connectivity index (χ0n) is 22.4. The van der Waals surface area contributed by atoms with Crippen LogP contribution in [0.3, 0.4) is 0 Å². The third-order valence-electron chi connectivity index (χ3n) is 7.53. The van der Waals surface area contributed by atoms with Crippen molar-refractivity contribution < 1.29 is 34.4 Å². The second kappa shape index (κ2) is 10.6. The molecule has 1 aliphatic rings. The molecule has 5 N–H and O–H groups in total. The van der Waals surface area contributed by atoms with Crippen LogP contribution in [0.2, 0.25) is 0 Å². The van der Waals surface area contributed by atoms with Crippen LogP contribution >= 0.6 is 0 Å². The first kappa shape index (κ1) is 28.0. The molecule has 12 nitrogen and oxygen atoms in total. The van der Waals surface area contributed by atoms with E-state index in [2.05, 4.69) is 15.0 Å². The molecule has 0 radical (unpaired) electrons. The lowest BCUT2D eigenvalue weighted by Gasteiger charge is -2.40. The number of anilines is 1. The number of nitrogens with zero attached hydrogens (tertiary/aromatic N) is 4. The molecule has 2 aromatic heterocycles. The average molecular weight is 580 g/mol. The van der Waals surface area contributed by atoms with Crippen LogP contribution in [0.15, 0.2) is 97.3 Å². The maximum atomic E-state index is 14.6. The third-order valence-corrected chi connectivity index (χ3v) is 7.53. The summed E-state index contributed by atoms with van der Waals surface area (Å²) >= 11 is 0. The second-order valence-electron chi connectivity index (χ2n) is 10.00. The van der Waals surface area contributed by atoms with Crippen molar-refractivity contribution in [2.45, 2.75) is 23.5 Å². The lowest BCUT2D eigenvalue weighted by molar-refractivity contribution is -0.140. The highest BCUT2D eigenvalue weighted by Crippen LogP contribution is 2.49. The lowest BCUT2D eigenvalue weighted by Crippen LogP contribution is -2.66. The molecule has 5 aromatic rings. The van der Waals surface area contributed by atoms with Crippen LogP contribution in [-0.4, -0.2) is 76.6 Å². The Morgan fingerprint density at radius 2 is 1.37 bits per heavy atom. The maximum absolute atomic E-state index is 14.6. The number of aromatic nitrogens is 4. The van der Waals surface area contributed by atoms with Gasteiger partial charge in [0.1, 0.15) is 24.1 Å². The van der Waals surface area contributed by atoms with Gasteiger partial charge in [0, 0.05) is 16.7 Å². The fraction of sp³-hybridized carbons (Fsp3) is 0.161. The summed E-state index contributed by atoms with van der Waals surface area (Å²) in [6, 6.07) is 23.4. The molecular weight excluding hydrogens is 554 g/mol. The SMILES string of the molecule is Nc1nc(C(=O)c2ccccc2)nc2c1ncn2[C@]1(C(=O)c2ccccc2)O[C@H](CO)[C@@H](O)[C@]1(O)C(=O)c1ccccc1. The van der Waals surface area contributed by atoms with E-state index in [-0.39, 0.29) is 39.5 Å². The van der Waals surface area contributed by atoms with Gasteiger partial charge in [0.25, 0.3) is 5.72 Å². The van der Waals surface area contributed by atoms with Crippen molar-refractivity contribution in [1.82, 2.24) is 19.5 Å². The predicted molar refractivity (Wildman–Crippen MR) is 152 cm³/mol. The van der Waals surface area contributed by atoms with Crippen LogP contribution in [0, 0.1) is 0 Å². The molecule has 0 amide bonds. The van der Waals surface area contributed by atoms with Crippen LogP contribution in [0.4, 0.5) is 5.82 Å². The molecular formula is C31H25N5O7. The molecule has 0 spiro atoms. The minimum absolute atomic E-state index is 0.00274. The topological polar surface area (TPSA) is 191 Å². The standard InChI is InChI=1S/C31H25N5O7/c32-27-22-29(35-28(34-27)23(38)18-10-4-1-5-11-18)36(17-33-22)31(25(40)20-14-8-3-9-15-20)30(42,26(41)21(16-37)43-31)24(39)19-12-6-2-7-13-19/h1-15,17,21,26,37,41-42H,16H2,(H2,32,34,35)/t21-,26-,30-,31-/m1/s1. The molecule has 216 valence electrons. The zero-order valence-corrected chi connectivity index (χ0v) is 22.4. The molecule has 0 saturated carbocycles. The first-order chi connectivity index (χ1) is 20.7. The number of ketones is 3. The van der Waals surface area contributed by atoms with E-state index in [9.17, 15) is 29.7 Å². The number of aliphatic hydroxyl groups is 3. The Bertz CT molecular complexity index is 1850. The van der Waals surface area contributed by atoms with E-state index >= 15 is 0 Å². The summed E-state index contributed by atoms with van der Waals surface area (Å²) in [6.45, 7) is -0.864. The highest BCUT2D eigenvalue weighted by atomic mass is 16.6. The summed E-state index contributed by atoms with van der Waals surface area (Å²) in [5.74, 6) is -3.19. The summed E-state index contributed by atoms with van der Waals surface area (Å²) in [7, 11) is 0. The minimum atomic E-state index is -3.04. The number of rotatable bonds is 8. The monoisotopic (exact) mass is 579 g/mol. The Labute approximate surface area is 244 Å². The molecule has 0 aliphatic carbocycles. The van der Waals surface area contributed by atoms with Gasteiger partial charge in [0.05, 0.1) is 6.61 Å². The molecule has 1 saturated heterocycles. The molecule has 1 aliphatic heterocycles. The number of carbonyl (C=O) groups is 3. The molecule has 0 bridgehead atoms. The number of carbonyl (C=O) groups excluding carboxylic acids is 3. The van der Waals surface area contributed by atoms with Gasteiger partial charge in [-0.05, 0) is 0 Å². The lowest BCUT2D eigenvalue weighted by atomic mass is 9.76. The van der Waals surface area contributed by atoms with Gasteiger partial charge in [-0.25, -0.2) is 15.0 Å². The fourth-order valence-corrected chi connectivity index (χ4v) is 5.41. The Morgan fingerprint density at radius 1 is 0.837 bits per heavy atom. The zero-order chi connectivity index (χ0) is 30.4. The number of nitrogen functional groups attached to an aromatic ring is 1. The summed E-state index contributed by atoms with van der Waals surface area (Å²) in [5.41, 5.74) is 0.280. The van der Waals surface area contributed by atoms with Gasteiger partial charge in [0.2, 0.25) is 28.8 Å². The van der Waals surface area contributed by atoms with Gasteiger partial charge in [-0.2, -0.15) is 0 Å². The molecule has 4 atom stereocenters. The Balaban J connectivity index is 1.66. The van der Waals surface area contributed by atoms with Gasteiger partial charge < -0.3 is 25.8 Å². The van der Waals surface area contributed by atoms with Crippen LogP contribution in [0.25, 0.3) is 11.2 Å². The molecule has 0 unspecified atom stereocenters. The van der Waals surface area contributed by atoms with Crippen molar-refractivity contribution in [3.63, 3.8) is 0 Å². The molecule has 12 heteroatoms. The van der Waals surface area contributed by atoms with E-state index in [1.807, 2.05) is 0 Å². The Hall–Kier alpha value is -5.14. The highest BCUT2D eigenvalue weighted by molar-refractivity contribution is 6.12. The summed E-state index contributed by atoms with van der Waals surface area (Å²) < 4.78 is 7.05. The molecule has 3 heterocycles. The van der Waals surface area contributed by atoms with E-state index in [4.69, 9.17) is 10.5 Å². The number of ether oxygens (including phenoxy) is 1. The van der Waals surface area contributed by atoms with Gasteiger partial charge in [-0.3, -0.25) is 19.0 Å². The van der Waals surface area contributed by atoms with Crippen molar-refractivity contribution in [1.29, 1.82) is 0 Å². The van der Waals surface area contributed by atoms with E-state index in [0.29, 0.717) is 0 Å². The fourth-order valence-electron chi connectivity index (χ4n) is 5.41. The van der Waals surface area contributed by atoms with Crippen LogP contribution in [0.5, 0.6) is 0 Å². The van der Waals surface area contributed by atoms with Crippen LogP contribution in [-0.2, 0) is 10.5 Å². The summed E-state index contributed by atoms with van der Waals surface area (Å²) in [6.07, 6.45) is -2.64. The Kier molecular flexibility index (Phi) is 6.90. The number of fused-ring (bicyclic) bond motifs is 1. The van der Waals surface area contributed by atoms with Crippen molar-refractivity contribution in [3.05, 3.63) is 120 Å².